The molecule has 0 amide bonds. The van der Waals surface area contributed by atoms with Crippen molar-refractivity contribution in [1.29, 1.82) is 0 Å². The molecular weight excluding hydrogens is 308 g/mol. The van der Waals surface area contributed by atoms with Gasteiger partial charge in [0.2, 0.25) is 0 Å². The summed E-state index contributed by atoms with van der Waals surface area (Å²) in [5, 5.41) is 0.963. The highest BCUT2D eigenvalue weighted by atomic mass is 32.1. The molecule has 22 heavy (non-hydrogen) atoms. The SMILES string of the molecule is CCCCc1nc(C)c(C(=O)OCCCCC(C)=C(F)F)s1. The van der Waals surface area contributed by atoms with Crippen LogP contribution in [0.2, 0.25) is 0 Å². The number of thiazole rings is 1. The van der Waals surface area contributed by atoms with E-state index in [1.807, 2.05) is 0 Å². The first kappa shape index (κ1) is 18.7. The Hall–Kier alpha value is -1.30. The van der Waals surface area contributed by atoms with Gasteiger partial charge in [0.1, 0.15) is 4.88 Å². The van der Waals surface area contributed by atoms with Gasteiger partial charge in [-0.1, -0.05) is 13.3 Å². The Bertz CT molecular complexity index is 522. The largest absolute Gasteiger partial charge is 0.461 e. The summed E-state index contributed by atoms with van der Waals surface area (Å²) in [6.45, 7) is 5.59. The zero-order valence-corrected chi connectivity index (χ0v) is 14.2. The summed E-state index contributed by atoms with van der Waals surface area (Å²) in [6.07, 6.45) is 2.91. The lowest BCUT2D eigenvalue weighted by atomic mass is 10.1. The summed E-state index contributed by atoms with van der Waals surface area (Å²) >= 11 is 1.39. The maximum atomic E-state index is 12.2. The summed E-state index contributed by atoms with van der Waals surface area (Å²) in [7, 11) is 0. The van der Waals surface area contributed by atoms with Crippen LogP contribution in [0.1, 0.15) is 66.3 Å². The van der Waals surface area contributed by atoms with Crippen molar-refractivity contribution in [1.82, 2.24) is 4.98 Å². The third-order valence-corrected chi connectivity index (χ3v) is 4.47. The number of aryl methyl sites for hydroxylation is 2. The Morgan fingerprint density at radius 2 is 2.00 bits per heavy atom. The van der Waals surface area contributed by atoms with Crippen LogP contribution in [0.25, 0.3) is 0 Å². The summed E-state index contributed by atoms with van der Waals surface area (Å²) in [4.78, 5) is 16.9. The number of hydrogen-bond acceptors (Lipinski definition) is 4. The molecule has 0 aliphatic rings. The number of allylic oxidation sites excluding steroid dienone is 1. The molecule has 6 heteroatoms. The van der Waals surface area contributed by atoms with Gasteiger partial charge in [-0.25, -0.2) is 9.78 Å². The third-order valence-electron chi connectivity index (χ3n) is 3.27. The lowest BCUT2D eigenvalue weighted by Crippen LogP contribution is -2.06. The molecule has 1 aromatic rings. The van der Waals surface area contributed by atoms with E-state index in [1.165, 1.54) is 18.3 Å². The van der Waals surface area contributed by atoms with Crippen LogP contribution in [0.4, 0.5) is 8.78 Å². The van der Waals surface area contributed by atoms with E-state index in [0.29, 0.717) is 29.8 Å². The van der Waals surface area contributed by atoms with Crippen LogP contribution in [0.15, 0.2) is 11.7 Å². The Morgan fingerprint density at radius 3 is 2.64 bits per heavy atom. The van der Waals surface area contributed by atoms with E-state index in [2.05, 4.69) is 11.9 Å². The Balaban J connectivity index is 2.36. The molecule has 0 aliphatic carbocycles. The summed E-state index contributed by atoms with van der Waals surface area (Å²) < 4.78 is 29.6. The van der Waals surface area contributed by atoms with Crippen molar-refractivity contribution in [2.24, 2.45) is 0 Å². The van der Waals surface area contributed by atoms with Gasteiger partial charge in [-0.15, -0.1) is 11.3 Å². The molecule has 124 valence electrons. The molecule has 0 fully saturated rings. The van der Waals surface area contributed by atoms with Crippen molar-refractivity contribution in [2.45, 2.75) is 59.3 Å². The second kappa shape index (κ2) is 9.66. The second-order valence-electron chi connectivity index (χ2n) is 5.26. The van der Waals surface area contributed by atoms with Gasteiger partial charge in [0.05, 0.1) is 17.3 Å². The zero-order chi connectivity index (χ0) is 16.5. The summed E-state index contributed by atoms with van der Waals surface area (Å²) in [6, 6.07) is 0. The fraction of sp³-hybridized carbons (Fsp3) is 0.625. The van der Waals surface area contributed by atoms with Crippen LogP contribution < -0.4 is 0 Å². The zero-order valence-electron chi connectivity index (χ0n) is 13.4. The van der Waals surface area contributed by atoms with Crippen molar-refractivity contribution in [3.8, 4) is 0 Å². The van der Waals surface area contributed by atoms with Crippen molar-refractivity contribution in [3.63, 3.8) is 0 Å². The summed E-state index contributed by atoms with van der Waals surface area (Å²) in [5.74, 6) is -0.360. The number of esters is 1. The van der Waals surface area contributed by atoms with E-state index < -0.39 is 6.08 Å². The maximum Gasteiger partial charge on any atom is 0.350 e. The second-order valence-corrected chi connectivity index (χ2v) is 6.34. The highest BCUT2D eigenvalue weighted by Crippen LogP contribution is 2.21. The van der Waals surface area contributed by atoms with Crippen molar-refractivity contribution >= 4 is 17.3 Å². The molecule has 0 saturated carbocycles. The molecule has 3 nitrogen and oxygen atoms in total. The molecule has 0 saturated heterocycles. The van der Waals surface area contributed by atoms with E-state index in [-0.39, 0.29) is 18.1 Å². The van der Waals surface area contributed by atoms with Crippen LogP contribution in [0.5, 0.6) is 0 Å². The van der Waals surface area contributed by atoms with Crippen molar-refractivity contribution < 1.29 is 18.3 Å². The van der Waals surface area contributed by atoms with E-state index in [1.54, 1.807) is 6.92 Å². The van der Waals surface area contributed by atoms with Crippen molar-refractivity contribution in [3.05, 3.63) is 27.2 Å². The minimum absolute atomic E-state index is 0.102. The molecule has 0 aromatic carbocycles. The first-order chi connectivity index (χ1) is 10.5. The predicted molar refractivity (Wildman–Crippen MR) is 84.5 cm³/mol. The quantitative estimate of drug-likeness (QED) is 0.456. The number of rotatable bonds is 9. The lowest BCUT2D eigenvalue weighted by Gasteiger charge is -2.04. The number of hydrogen-bond donors (Lipinski definition) is 0. The van der Waals surface area contributed by atoms with Gasteiger partial charge in [0.15, 0.2) is 0 Å². The first-order valence-electron chi connectivity index (χ1n) is 7.59. The van der Waals surface area contributed by atoms with Crippen LogP contribution >= 0.6 is 11.3 Å². The van der Waals surface area contributed by atoms with Gasteiger partial charge in [-0.05, 0) is 51.5 Å². The van der Waals surface area contributed by atoms with Gasteiger partial charge >= 0.3 is 5.97 Å². The Morgan fingerprint density at radius 1 is 1.27 bits per heavy atom. The molecule has 0 spiro atoms. The topological polar surface area (TPSA) is 39.2 Å². The number of nitrogens with zero attached hydrogens (tertiary/aromatic N) is 1. The number of aromatic nitrogens is 1. The van der Waals surface area contributed by atoms with Crippen LogP contribution in [-0.4, -0.2) is 17.6 Å². The Kier molecular flexibility index (Phi) is 8.24. The number of halogens is 2. The molecule has 0 atom stereocenters. The molecule has 0 radical (unpaired) electrons. The highest BCUT2D eigenvalue weighted by molar-refractivity contribution is 7.13. The van der Waals surface area contributed by atoms with E-state index in [4.69, 9.17) is 4.74 Å². The first-order valence-corrected chi connectivity index (χ1v) is 8.41. The van der Waals surface area contributed by atoms with Gasteiger partial charge < -0.3 is 4.74 Å². The molecule has 0 aliphatic heterocycles. The van der Waals surface area contributed by atoms with E-state index >= 15 is 0 Å². The minimum atomic E-state index is -1.61. The molecule has 0 bridgehead atoms. The smallest absolute Gasteiger partial charge is 0.350 e. The average Bonchev–Trinajstić information content (AvgIpc) is 2.85. The van der Waals surface area contributed by atoms with Crippen LogP contribution in [0, 0.1) is 6.92 Å². The van der Waals surface area contributed by atoms with E-state index in [0.717, 1.165) is 24.3 Å². The third kappa shape index (κ3) is 6.22. The highest BCUT2D eigenvalue weighted by Gasteiger charge is 2.16. The molecular formula is C16H23F2NO2S. The fourth-order valence-corrected chi connectivity index (χ4v) is 2.89. The maximum absolute atomic E-state index is 12.2. The number of carbonyl (C=O) groups is 1. The minimum Gasteiger partial charge on any atom is -0.461 e. The number of carbonyl (C=O) groups excluding carboxylic acids is 1. The number of ether oxygens (including phenoxy) is 1. The molecule has 0 N–H and O–H groups in total. The van der Waals surface area contributed by atoms with Crippen LogP contribution in [-0.2, 0) is 11.2 Å². The summed E-state index contributed by atoms with van der Waals surface area (Å²) in [5.41, 5.74) is 0.810. The lowest BCUT2D eigenvalue weighted by molar-refractivity contribution is 0.0503. The normalized spacial score (nSPS) is 10.6. The predicted octanol–water partition coefficient (Wildman–Crippen LogP) is 5.29. The van der Waals surface area contributed by atoms with Gasteiger partial charge in [-0.3, -0.25) is 0 Å². The molecule has 0 unspecified atom stereocenters. The van der Waals surface area contributed by atoms with E-state index in [9.17, 15) is 13.6 Å². The number of unbranched alkanes of at least 4 members (excludes halogenated alkanes) is 2. The Labute approximate surface area is 134 Å². The van der Waals surface area contributed by atoms with Crippen molar-refractivity contribution in [2.75, 3.05) is 6.61 Å². The fourth-order valence-electron chi connectivity index (χ4n) is 1.89. The van der Waals surface area contributed by atoms with Gasteiger partial charge in [0.25, 0.3) is 6.08 Å². The average molecular weight is 331 g/mol. The van der Waals surface area contributed by atoms with Gasteiger partial charge in [0, 0.05) is 0 Å². The molecule has 1 rings (SSSR count). The monoisotopic (exact) mass is 331 g/mol. The van der Waals surface area contributed by atoms with Gasteiger partial charge in [-0.2, -0.15) is 8.78 Å². The van der Waals surface area contributed by atoms with Crippen LogP contribution in [0.3, 0.4) is 0 Å². The molecule has 1 aromatic heterocycles. The molecule has 1 heterocycles. The standard InChI is InChI=1S/C16H23F2NO2S/c1-4-5-9-13-19-12(3)14(22-13)16(20)21-10-7-6-8-11(2)15(17)18/h4-10H2,1-3H3.